The van der Waals surface area contributed by atoms with E-state index in [1.54, 1.807) is 0 Å². The van der Waals surface area contributed by atoms with Crippen molar-refractivity contribution >= 4 is 18.3 Å². The molecule has 0 saturated heterocycles. The van der Waals surface area contributed by atoms with Crippen molar-refractivity contribution in [2.24, 2.45) is 11.7 Å². The van der Waals surface area contributed by atoms with Crippen LogP contribution in [0.5, 0.6) is 0 Å². The Hall–Kier alpha value is -1.88. The molecule has 2 aromatic carbocycles. The van der Waals surface area contributed by atoms with Crippen molar-refractivity contribution in [3.8, 4) is 11.1 Å². The normalized spacial score (nSPS) is 21.6. The van der Waals surface area contributed by atoms with Gasteiger partial charge in [0.15, 0.2) is 0 Å². The van der Waals surface area contributed by atoms with Crippen LogP contribution in [0.1, 0.15) is 38.2 Å². The van der Waals surface area contributed by atoms with Gasteiger partial charge in [-0.2, -0.15) is 0 Å². The number of nitrogens with two attached hydrogens (primary N) is 1. The summed E-state index contributed by atoms with van der Waals surface area (Å²) in [4.78, 5) is 12.6. The number of carbonyl (C=O) groups is 1. The Balaban J connectivity index is 0.00000280. The first-order valence-corrected chi connectivity index (χ1v) is 9.96. The fourth-order valence-corrected chi connectivity index (χ4v) is 3.63. The third kappa shape index (κ3) is 6.06. The van der Waals surface area contributed by atoms with Gasteiger partial charge >= 0.3 is 0 Å². The van der Waals surface area contributed by atoms with Gasteiger partial charge in [0.2, 0.25) is 5.91 Å². The lowest BCUT2D eigenvalue weighted by Gasteiger charge is -2.33. The van der Waals surface area contributed by atoms with Gasteiger partial charge in [-0.25, -0.2) is 0 Å². The van der Waals surface area contributed by atoms with Crippen molar-refractivity contribution in [3.05, 3.63) is 60.2 Å². The van der Waals surface area contributed by atoms with E-state index in [-0.39, 0.29) is 36.4 Å². The molecule has 0 heterocycles. The Bertz CT molecular complexity index is 721. The van der Waals surface area contributed by atoms with Crippen LogP contribution in [-0.2, 0) is 16.1 Å². The van der Waals surface area contributed by atoms with Crippen molar-refractivity contribution in [1.29, 1.82) is 0 Å². The third-order valence-corrected chi connectivity index (χ3v) is 5.28. The quantitative estimate of drug-likeness (QED) is 0.725. The molecule has 0 spiro atoms. The van der Waals surface area contributed by atoms with Crippen LogP contribution in [0.25, 0.3) is 11.1 Å². The van der Waals surface area contributed by atoms with Crippen LogP contribution in [0.2, 0.25) is 0 Å². The van der Waals surface area contributed by atoms with E-state index >= 15 is 0 Å². The number of ether oxygens (including phenoxy) is 1. The molecule has 28 heavy (non-hydrogen) atoms. The minimum atomic E-state index is -0.00440. The largest absolute Gasteiger partial charge is 0.377 e. The summed E-state index contributed by atoms with van der Waals surface area (Å²) in [5.74, 6) is 0.106. The van der Waals surface area contributed by atoms with Crippen LogP contribution in [0, 0.1) is 5.92 Å². The predicted octanol–water partition coefficient (Wildman–Crippen LogP) is 4.31. The average molecular weight is 403 g/mol. The van der Waals surface area contributed by atoms with Gasteiger partial charge in [0.25, 0.3) is 0 Å². The second kappa shape index (κ2) is 11.2. The van der Waals surface area contributed by atoms with Gasteiger partial charge in [-0.05, 0) is 42.4 Å². The number of rotatable bonds is 7. The zero-order chi connectivity index (χ0) is 19.1. The molecule has 0 radical (unpaired) electrons. The minimum absolute atomic E-state index is 0. The average Bonchev–Trinajstić information content (AvgIpc) is 2.72. The summed E-state index contributed by atoms with van der Waals surface area (Å²) in [6.07, 6.45) is 3.38. The molecular formula is C23H31ClN2O2. The standard InChI is InChI=1S/C23H30N2O2.ClH/c1-2-14-27-22-15-20(12-13-21(22)24)23(26)25-16-17-8-10-19(11-9-17)18-6-4-3-5-7-18;/h3-11,20-22H,2,12-16,24H2,1H3,(H,25,26);1H/t20-,21-,22-;/m0./s1. The summed E-state index contributed by atoms with van der Waals surface area (Å²) in [6, 6.07) is 18.7. The lowest BCUT2D eigenvalue weighted by Crippen LogP contribution is -2.45. The number of amides is 1. The van der Waals surface area contributed by atoms with E-state index in [9.17, 15) is 4.79 Å². The molecule has 1 amide bonds. The smallest absolute Gasteiger partial charge is 0.223 e. The Kier molecular flexibility index (Phi) is 8.97. The zero-order valence-electron chi connectivity index (χ0n) is 16.5. The van der Waals surface area contributed by atoms with Crippen molar-refractivity contribution < 1.29 is 9.53 Å². The van der Waals surface area contributed by atoms with Gasteiger partial charge in [-0.3, -0.25) is 4.79 Å². The van der Waals surface area contributed by atoms with Gasteiger partial charge in [-0.1, -0.05) is 61.5 Å². The highest BCUT2D eigenvalue weighted by atomic mass is 35.5. The van der Waals surface area contributed by atoms with Crippen LogP contribution in [0.3, 0.4) is 0 Å². The topological polar surface area (TPSA) is 64.3 Å². The Morgan fingerprint density at radius 2 is 1.75 bits per heavy atom. The maximum absolute atomic E-state index is 12.6. The monoisotopic (exact) mass is 402 g/mol. The number of halogens is 1. The van der Waals surface area contributed by atoms with Gasteiger partial charge in [0.1, 0.15) is 0 Å². The lowest BCUT2D eigenvalue weighted by molar-refractivity contribution is -0.128. The highest BCUT2D eigenvalue weighted by Crippen LogP contribution is 2.26. The Labute approximate surface area is 174 Å². The fourth-order valence-electron chi connectivity index (χ4n) is 3.63. The second-order valence-electron chi connectivity index (χ2n) is 7.36. The molecule has 3 atom stereocenters. The first-order chi connectivity index (χ1) is 13.2. The van der Waals surface area contributed by atoms with E-state index < -0.39 is 0 Å². The van der Waals surface area contributed by atoms with E-state index in [2.05, 4.69) is 48.6 Å². The van der Waals surface area contributed by atoms with Crippen molar-refractivity contribution in [3.63, 3.8) is 0 Å². The summed E-state index contributed by atoms with van der Waals surface area (Å²) >= 11 is 0. The number of carbonyl (C=O) groups excluding carboxylic acids is 1. The molecule has 0 aromatic heterocycles. The van der Waals surface area contributed by atoms with Gasteiger partial charge in [-0.15, -0.1) is 12.4 Å². The van der Waals surface area contributed by atoms with Crippen LogP contribution < -0.4 is 11.1 Å². The fraction of sp³-hybridized carbons (Fsp3) is 0.435. The first-order valence-electron chi connectivity index (χ1n) is 9.96. The van der Waals surface area contributed by atoms with Gasteiger partial charge in [0.05, 0.1) is 6.10 Å². The third-order valence-electron chi connectivity index (χ3n) is 5.28. The molecule has 1 aliphatic carbocycles. The van der Waals surface area contributed by atoms with Gasteiger partial charge in [0, 0.05) is 25.1 Å². The summed E-state index contributed by atoms with van der Waals surface area (Å²) in [6.45, 7) is 3.35. The number of hydrogen-bond acceptors (Lipinski definition) is 3. The Morgan fingerprint density at radius 1 is 1.07 bits per heavy atom. The minimum Gasteiger partial charge on any atom is -0.377 e. The summed E-state index contributed by atoms with van der Waals surface area (Å²) in [7, 11) is 0. The molecule has 3 N–H and O–H groups in total. The molecule has 2 aromatic rings. The predicted molar refractivity (Wildman–Crippen MR) is 116 cm³/mol. The van der Waals surface area contributed by atoms with E-state index in [0.29, 0.717) is 13.2 Å². The van der Waals surface area contributed by atoms with E-state index in [1.165, 1.54) is 11.1 Å². The molecule has 5 heteroatoms. The maximum atomic E-state index is 12.6. The molecule has 1 saturated carbocycles. The molecule has 1 fully saturated rings. The summed E-state index contributed by atoms with van der Waals surface area (Å²) in [5.41, 5.74) is 9.64. The van der Waals surface area contributed by atoms with E-state index in [0.717, 1.165) is 31.2 Å². The van der Waals surface area contributed by atoms with Crippen molar-refractivity contribution in [1.82, 2.24) is 5.32 Å². The number of nitrogens with one attached hydrogen (secondary N) is 1. The second-order valence-corrected chi connectivity index (χ2v) is 7.36. The highest BCUT2D eigenvalue weighted by Gasteiger charge is 2.32. The van der Waals surface area contributed by atoms with Crippen molar-refractivity contribution in [2.45, 2.75) is 51.3 Å². The molecular weight excluding hydrogens is 372 g/mol. The van der Waals surface area contributed by atoms with Crippen LogP contribution in [0.15, 0.2) is 54.6 Å². The van der Waals surface area contributed by atoms with Crippen LogP contribution in [0.4, 0.5) is 0 Å². The molecule has 0 bridgehead atoms. The number of benzene rings is 2. The molecule has 3 rings (SSSR count). The van der Waals surface area contributed by atoms with E-state index in [1.807, 2.05) is 18.2 Å². The molecule has 1 aliphatic rings. The van der Waals surface area contributed by atoms with Crippen LogP contribution >= 0.6 is 12.4 Å². The highest BCUT2D eigenvalue weighted by molar-refractivity contribution is 5.85. The first kappa shape index (κ1) is 22.4. The van der Waals surface area contributed by atoms with Gasteiger partial charge < -0.3 is 15.8 Å². The number of hydrogen-bond donors (Lipinski definition) is 2. The van der Waals surface area contributed by atoms with Crippen LogP contribution in [-0.4, -0.2) is 24.7 Å². The summed E-state index contributed by atoms with van der Waals surface area (Å²) in [5, 5.41) is 3.08. The molecule has 152 valence electrons. The lowest BCUT2D eigenvalue weighted by atomic mass is 9.83. The Morgan fingerprint density at radius 3 is 2.43 bits per heavy atom. The molecule has 0 aliphatic heterocycles. The molecule has 0 unspecified atom stereocenters. The van der Waals surface area contributed by atoms with Crippen molar-refractivity contribution in [2.75, 3.05) is 6.61 Å². The summed E-state index contributed by atoms with van der Waals surface area (Å²) < 4.78 is 5.84. The maximum Gasteiger partial charge on any atom is 0.223 e. The molecule has 4 nitrogen and oxygen atoms in total. The van der Waals surface area contributed by atoms with E-state index in [4.69, 9.17) is 10.5 Å². The SMILES string of the molecule is CCCO[C@H]1C[C@@H](C(=O)NCc2ccc(-c3ccccc3)cc2)CC[C@@H]1N.Cl. The zero-order valence-corrected chi connectivity index (χ0v) is 17.3.